The molecule has 0 saturated carbocycles. The van der Waals surface area contributed by atoms with Gasteiger partial charge < -0.3 is 19.4 Å². The third-order valence-electron chi connectivity index (χ3n) is 5.34. The lowest BCUT2D eigenvalue weighted by molar-refractivity contribution is -0.143. The number of aryl methyl sites for hydroxylation is 1. The Hall–Kier alpha value is -3.26. The maximum Gasteiger partial charge on any atom is 0.338 e. The molecule has 2 aromatic rings. The number of esters is 1. The van der Waals surface area contributed by atoms with Crippen LogP contribution in [0, 0.1) is 6.92 Å². The summed E-state index contributed by atoms with van der Waals surface area (Å²) in [7, 11) is 0. The Morgan fingerprint density at radius 3 is 2.64 bits per heavy atom. The molecule has 8 heteroatoms. The molecule has 0 radical (unpaired) electrons. The van der Waals surface area contributed by atoms with Crippen molar-refractivity contribution in [3.05, 3.63) is 81.9 Å². The fourth-order valence-electron chi connectivity index (χ4n) is 3.80. The second-order valence-corrected chi connectivity index (χ2v) is 9.13. The Morgan fingerprint density at radius 1 is 1.21 bits per heavy atom. The molecular formula is C25H27N3O4S. The molecule has 172 valence electrons. The standard InChI is InChI=1S/C25H27N3O4S/c1-15(2)32-24(30)22-17(4)27-25-28(23(22)18-9-7-16(3)8-10-18)19(14-33-25)12-21(29)26-13-20-6-5-11-31-20/h5-11,14-15,23H,12-13H2,1-4H3,(H,26,29). The first-order valence-corrected chi connectivity index (χ1v) is 11.7. The van der Waals surface area contributed by atoms with Crippen LogP contribution in [0.3, 0.4) is 0 Å². The van der Waals surface area contributed by atoms with Gasteiger partial charge in [-0.2, -0.15) is 0 Å². The van der Waals surface area contributed by atoms with E-state index in [4.69, 9.17) is 9.15 Å². The quantitative estimate of drug-likeness (QED) is 0.590. The topological polar surface area (TPSA) is 84.1 Å². The largest absolute Gasteiger partial charge is 0.467 e. The molecule has 1 atom stereocenters. The molecule has 1 unspecified atom stereocenters. The normalized spacial score (nSPS) is 17.6. The molecule has 4 rings (SSSR count). The van der Waals surface area contributed by atoms with Gasteiger partial charge in [-0.3, -0.25) is 4.79 Å². The number of hydrogen-bond acceptors (Lipinski definition) is 7. The first-order valence-electron chi connectivity index (χ1n) is 10.8. The molecule has 1 N–H and O–H groups in total. The minimum atomic E-state index is -0.427. The van der Waals surface area contributed by atoms with E-state index in [1.807, 2.05) is 68.3 Å². The fourth-order valence-corrected chi connectivity index (χ4v) is 4.76. The molecule has 3 heterocycles. The van der Waals surface area contributed by atoms with Crippen LogP contribution in [0.25, 0.3) is 0 Å². The van der Waals surface area contributed by atoms with Crippen molar-refractivity contribution in [2.75, 3.05) is 0 Å². The van der Waals surface area contributed by atoms with Gasteiger partial charge in [-0.25, -0.2) is 9.79 Å². The van der Waals surface area contributed by atoms with Gasteiger partial charge in [0.1, 0.15) is 5.76 Å². The van der Waals surface area contributed by atoms with Gasteiger partial charge in [0.15, 0.2) is 5.17 Å². The zero-order chi connectivity index (χ0) is 23.5. The Labute approximate surface area is 197 Å². The molecule has 7 nitrogen and oxygen atoms in total. The van der Waals surface area contributed by atoms with E-state index in [0.29, 0.717) is 23.6 Å². The van der Waals surface area contributed by atoms with Crippen LogP contribution in [0.4, 0.5) is 0 Å². The fraction of sp³-hybridized carbons (Fsp3) is 0.320. The molecule has 1 aromatic carbocycles. The summed E-state index contributed by atoms with van der Waals surface area (Å²) in [5, 5.41) is 5.56. The van der Waals surface area contributed by atoms with Crippen molar-refractivity contribution < 1.29 is 18.7 Å². The highest BCUT2D eigenvalue weighted by Crippen LogP contribution is 2.44. The number of nitrogens with zero attached hydrogens (tertiary/aromatic N) is 2. The Bertz CT molecular complexity index is 1130. The van der Waals surface area contributed by atoms with Crippen molar-refractivity contribution in [1.82, 2.24) is 10.2 Å². The molecular weight excluding hydrogens is 438 g/mol. The number of fused-ring (bicyclic) bond motifs is 1. The van der Waals surface area contributed by atoms with E-state index in [1.54, 1.807) is 12.3 Å². The van der Waals surface area contributed by atoms with E-state index in [9.17, 15) is 9.59 Å². The molecule has 33 heavy (non-hydrogen) atoms. The lowest BCUT2D eigenvalue weighted by Gasteiger charge is -2.36. The van der Waals surface area contributed by atoms with Gasteiger partial charge >= 0.3 is 5.97 Å². The Kier molecular flexibility index (Phi) is 6.74. The molecule has 0 fully saturated rings. The highest BCUT2D eigenvalue weighted by molar-refractivity contribution is 8.16. The predicted octanol–water partition coefficient (Wildman–Crippen LogP) is 4.82. The van der Waals surface area contributed by atoms with Crippen LogP contribution in [0.1, 0.15) is 50.1 Å². The number of benzene rings is 1. The number of hydrogen-bond donors (Lipinski definition) is 1. The van der Waals surface area contributed by atoms with Crippen LogP contribution in [-0.4, -0.2) is 28.0 Å². The lowest BCUT2D eigenvalue weighted by Crippen LogP contribution is -2.38. The van der Waals surface area contributed by atoms with Crippen LogP contribution in [0.2, 0.25) is 0 Å². The van der Waals surface area contributed by atoms with Crippen molar-refractivity contribution in [2.45, 2.75) is 52.8 Å². The predicted molar refractivity (Wildman–Crippen MR) is 128 cm³/mol. The molecule has 2 aliphatic rings. The minimum Gasteiger partial charge on any atom is -0.467 e. The van der Waals surface area contributed by atoms with E-state index in [-0.39, 0.29) is 18.4 Å². The van der Waals surface area contributed by atoms with E-state index in [0.717, 1.165) is 22.0 Å². The van der Waals surface area contributed by atoms with Gasteiger partial charge in [-0.05, 0) is 50.8 Å². The third kappa shape index (κ3) is 5.06. The average molecular weight is 466 g/mol. The van der Waals surface area contributed by atoms with Crippen molar-refractivity contribution in [3.63, 3.8) is 0 Å². The molecule has 0 bridgehead atoms. The summed E-state index contributed by atoms with van der Waals surface area (Å²) < 4.78 is 10.9. The summed E-state index contributed by atoms with van der Waals surface area (Å²) in [5.41, 5.74) is 3.96. The van der Waals surface area contributed by atoms with Gasteiger partial charge in [0.25, 0.3) is 0 Å². The highest BCUT2D eigenvalue weighted by atomic mass is 32.2. The molecule has 0 aliphatic carbocycles. The van der Waals surface area contributed by atoms with Crippen molar-refractivity contribution in [3.8, 4) is 0 Å². The van der Waals surface area contributed by atoms with E-state index >= 15 is 0 Å². The first-order chi connectivity index (χ1) is 15.8. The first kappa shape index (κ1) is 22.9. The smallest absolute Gasteiger partial charge is 0.338 e. The number of rotatable bonds is 7. The summed E-state index contributed by atoms with van der Waals surface area (Å²) >= 11 is 1.45. The van der Waals surface area contributed by atoms with Gasteiger partial charge in [0.2, 0.25) is 5.91 Å². The maximum absolute atomic E-state index is 13.1. The molecule has 0 spiro atoms. The summed E-state index contributed by atoms with van der Waals surface area (Å²) in [4.78, 5) is 32.5. The highest BCUT2D eigenvalue weighted by Gasteiger charge is 2.41. The van der Waals surface area contributed by atoms with E-state index in [2.05, 4.69) is 10.3 Å². The number of allylic oxidation sites excluding steroid dienone is 1. The van der Waals surface area contributed by atoms with Crippen molar-refractivity contribution in [2.24, 2.45) is 4.99 Å². The molecule has 2 aliphatic heterocycles. The van der Waals surface area contributed by atoms with Crippen molar-refractivity contribution in [1.29, 1.82) is 0 Å². The van der Waals surface area contributed by atoms with Crippen LogP contribution in [0.15, 0.2) is 74.4 Å². The van der Waals surface area contributed by atoms with Gasteiger partial charge in [0.05, 0.1) is 42.6 Å². The molecule has 1 amide bonds. The molecule has 1 aromatic heterocycles. The maximum atomic E-state index is 13.1. The molecule has 0 saturated heterocycles. The number of aliphatic imine (C=N–C) groups is 1. The van der Waals surface area contributed by atoms with E-state index < -0.39 is 12.0 Å². The number of furan rings is 1. The minimum absolute atomic E-state index is 0.139. The van der Waals surface area contributed by atoms with Crippen LogP contribution < -0.4 is 5.32 Å². The summed E-state index contributed by atoms with van der Waals surface area (Å²) in [6.45, 7) is 7.82. The number of ether oxygens (including phenoxy) is 1. The van der Waals surface area contributed by atoms with Crippen molar-refractivity contribution >= 4 is 28.8 Å². The number of amidine groups is 1. The van der Waals surface area contributed by atoms with Gasteiger partial charge in [0, 0.05) is 5.70 Å². The zero-order valence-corrected chi connectivity index (χ0v) is 19.9. The second-order valence-electron chi connectivity index (χ2n) is 8.29. The number of thioether (sulfide) groups is 1. The van der Waals surface area contributed by atoms with Crippen LogP contribution >= 0.6 is 11.8 Å². The monoisotopic (exact) mass is 465 g/mol. The average Bonchev–Trinajstić information content (AvgIpc) is 3.41. The number of carbonyl (C=O) groups excluding carboxylic acids is 2. The van der Waals surface area contributed by atoms with Crippen LogP contribution in [-0.2, 0) is 20.9 Å². The van der Waals surface area contributed by atoms with E-state index in [1.165, 1.54) is 11.8 Å². The number of nitrogens with one attached hydrogen (secondary N) is 1. The summed E-state index contributed by atoms with van der Waals surface area (Å²) in [6.07, 6.45) is 1.48. The number of amides is 1. The Morgan fingerprint density at radius 2 is 1.97 bits per heavy atom. The lowest BCUT2D eigenvalue weighted by atomic mass is 9.93. The third-order valence-corrected chi connectivity index (χ3v) is 6.23. The Balaban J connectivity index is 1.63. The SMILES string of the molecule is CC1=C(C(=O)OC(C)C)C(c2ccc(C)cc2)N2C(CC(=O)NCc3ccco3)=CSC2=N1. The zero-order valence-electron chi connectivity index (χ0n) is 19.1. The van der Waals surface area contributed by atoms with Crippen LogP contribution in [0.5, 0.6) is 0 Å². The van der Waals surface area contributed by atoms with Gasteiger partial charge in [-0.1, -0.05) is 41.6 Å². The summed E-state index contributed by atoms with van der Waals surface area (Å²) in [6, 6.07) is 11.2. The summed E-state index contributed by atoms with van der Waals surface area (Å²) in [5.74, 6) is 0.155. The second kappa shape index (κ2) is 9.70. The van der Waals surface area contributed by atoms with Gasteiger partial charge in [-0.15, -0.1) is 0 Å². The number of carbonyl (C=O) groups is 2.